The number of hydrogen-bond acceptors (Lipinski definition) is 2. The van der Waals surface area contributed by atoms with E-state index in [9.17, 15) is 0 Å². The van der Waals surface area contributed by atoms with Crippen LogP contribution >= 0.6 is 0 Å². The molecule has 2 aromatic heterocycles. The summed E-state index contributed by atoms with van der Waals surface area (Å²) in [6, 6.07) is 1.90. The quantitative estimate of drug-likeness (QED) is 0.624. The molecular weight excluding hydrogens is 128 g/mol. The van der Waals surface area contributed by atoms with Gasteiger partial charge in [-0.25, -0.2) is 4.52 Å². The van der Waals surface area contributed by atoms with Gasteiger partial charge in [-0.1, -0.05) is 6.92 Å². The van der Waals surface area contributed by atoms with Gasteiger partial charge in [-0.3, -0.25) is 5.10 Å². The first-order chi connectivity index (χ1) is 4.92. The zero-order chi connectivity index (χ0) is 6.97. The minimum absolute atomic E-state index is 0.886. The van der Waals surface area contributed by atoms with Crippen molar-refractivity contribution in [2.24, 2.45) is 0 Å². The predicted molar refractivity (Wildman–Crippen MR) is 36.7 cm³/mol. The van der Waals surface area contributed by atoms with E-state index in [1.54, 1.807) is 0 Å². The van der Waals surface area contributed by atoms with Crippen LogP contribution in [0.5, 0.6) is 0 Å². The van der Waals surface area contributed by atoms with Crippen LogP contribution in [-0.4, -0.2) is 19.8 Å². The second-order valence-corrected chi connectivity index (χ2v) is 2.13. The van der Waals surface area contributed by atoms with Crippen molar-refractivity contribution in [1.29, 1.82) is 0 Å². The SMILES string of the molecule is CCc1nnc2cc[nH]n12. The van der Waals surface area contributed by atoms with E-state index in [2.05, 4.69) is 22.2 Å². The Morgan fingerprint density at radius 2 is 2.50 bits per heavy atom. The molecule has 0 spiro atoms. The van der Waals surface area contributed by atoms with Gasteiger partial charge < -0.3 is 0 Å². The number of aromatic nitrogens is 4. The monoisotopic (exact) mass is 136 g/mol. The Hall–Kier alpha value is -1.32. The summed E-state index contributed by atoms with van der Waals surface area (Å²) in [4.78, 5) is 0. The third-order valence-electron chi connectivity index (χ3n) is 1.51. The Bertz CT molecular complexity index is 332. The minimum Gasteiger partial charge on any atom is -0.298 e. The first kappa shape index (κ1) is 5.46. The minimum atomic E-state index is 0.886. The fourth-order valence-corrected chi connectivity index (χ4v) is 0.994. The van der Waals surface area contributed by atoms with Gasteiger partial charge in [0.05, 0.1) is 0 Å². The van der Waals surface area contributed by atoms with E-state index in [-0.39, 0.29) is 0 Å². The maximum atomic E-state index is 3.96. The second-order valence-electron chi connectivity index (χ2n) is 2.13. The molecule has 1 N–H and O–H groups in total. The molecule has 4 nitrogen and oxygen atoms in total. The van der Waals surface area contributed by atoms with Crippen LogP contribution in [0.1, 0.15) is 12.7 Å². The zero-order valence-electron chi connectivity index (χ0n) is 5.70. The molecule has 10 heavy (non-hydrogen) atoms. The number of aromatic amines is 1. The highest BCUT2D eigenvalue weighted by molar-refractivity contribution is 5.34. The van der Waals surface area contributed by atoms with E-state index >= 15 is 0 Å². The molecule has 2 rings (SSSR count). The van der Waals surface area contributed by atoms with Crippen LogP contribution in [-0.2, 0) is 6.42 Å². The molecule has 0 amide bonds. The Morgan fingerprint density at radius 1 is 1.60 bits per heavy atom. The highest BCUT2D eigenvalue weighted by Gasteiger charge is 2.00. The molecular formula is C6H8N4. The third-order valence-corrected chi connectivity index (χ3v) is 1.51. The highest BCUT2D eigenvalue weighted by atomic mass is 15.4. The van der Waals surface area contributed by atoms with Crippen LogP contribution in [0.4, 0.5) is 0 Å². The summed E-state index contributed by atoms with van der Waals surface area (Å²) >= 11 is 0. The van der Waals surface area contributed by atoms with Gasteiger partial charge in [0.25, 0.3) is 0 Å². The number of hydrogen-bond donors (Lipinski definition) is 1. The Kier molecular flexibility index (Phi) is 1.00. The Labute approximate surface area is 57.9 Å². The zero-order valence-corrected chi connectivity index (χ0v) is 5.70. The molecule has 0 radical (unpaired) electrons. The van der Waals surface area contributed by atoms with Crippen LogP contribution in [0.2, 0.25) is 0 Å². The first-order valence-corrected chi connectivity index (χ1v) is 3.29. The lowest BCUT2D eigenvalue weighted by Gasteiger charge is -1.86. The molecule has 0 fully saturated rings. The van der Waals surface area contributed by atoms with Crippen LogP contribution in [0.25, 0.3) is 5.65 Å². The number of aryl methyl sites for hydroxylation is 1. The van der Waals surface area contributed by atoms with E-state index in [0.29, 0.717) is 0 Å². The highest BCUT2D eigenvalue weighted by Crippen LogP contribution is 2.00. The van der Waals surface area contributed by atoms with Crippen LogP contribution in [0.15, 0.2) is 12.3 Å². The summed E-state index contributed by atoms with van der Waals surface area (Å²) in [7, 11) is 0. The molecule has 2 heterocycles. The lowest BCUT2D eigenvalue weighted by atomic mass is 10.5. The van der Waals surface area contributed by atoms with Gasteiger partial charge in [-0.05, 0) is 0 Å². The average Bonchev–Trinajstić information content (AvgIpc) is 2.44. The van der Waals surface area contributed by atoms with Crippen molar-refractivity contribution in [3.8, 4) is 0 Å². The summed E-state index contributed by atoms with van der Waals surface area (Å²) in [5.41, 5.74) is 0.886. The largest absolute Gasteiger partial charge is 0.298 e. The molecule has 0 aliphatic carbocycles. The maximum Gasteiger partial charge on any atom is 0.177 e. The second kappa shape index (κ2) is 1.83. The number of rotatable bonds is 1. The summed E-state index contributed by atoms with van der Waals surface area (Å²) in [5, 5.41) is 10.9. The average molecular weight is 136 g/mol. The molecule has 0 atom stereocenters. The van der Waals surface area contributed by atoms with Gasteiger partial charge >= 0.3 is 0 Å². The van der Waals surface area contributed by atoms with Crippen molar-refractivity contribution < 1.29 is 0 Å². The molecule has 0 saturated carbocycles. The van der Waals surface area contributed by atoms with Crippen LogP contribution in [0.3, 0.4) is 0 Å². The Morgan fingerprint density at radius 3 is 3.30 bits per heavy atom. The summed E-state index contributed by atoms with van der Waals surface area (Å²) < 4.78 is 1.88. The van der Waals surface area contributed by atoms with Gasteiger partial charge in [-0.15, -0.1) is 10.2 Å². The van der Waals surface area contributed by atoms with Crippen LogP contribution < -0.4 is 0 Å². The molecule has 0 aliphatic heterocycles. The van der Waals surface area contributed by atoms with Crippen LogP contribution in [0, 0.1) is 0 Å². The normalized spacial score (nSPS) is 10.9. The number of nitrogens with one attached hydrogen (secondary N) is 1. The molecule has 0 unspecified atom stereocenters. The van der Waals surface area contributed by atoms with Crippen molar-refractivity contribution in [3.63, 3.8) is 0 Å². The fraction of sp³-hybridized carbons (Fsp3) is 0.333. The molecule has 52 valence electrons. The standard InChI is InChI=1S/C6H8N4/c1-2-5-8-9-6-3-4-7-10(5)6/h3-4,7H,2H2,1H3. The van der Waals surface area contributed by atoms with Crippen molar-refractivity contribution in [1.82, 2.24) is 19.8 Å². The predicted octanol–water partition coefficient (Wildman–Crippen LogP) is 0.620. The van der Waals surface area contributed by atoms with Crippen molar-refractivity contribution >= 4 is 5.65 Å². The fourth-order valence-electron chi connectivity index (χ4n) is 0.994. The number of fused-ring (bicyclic) bond motifs is 1. The Balaban J connectivity index is 2.76. The van der Waals surface area contributed by atoms with E-state index in [4.69, 9.17) is 0 Å². The maximum absolute atomic E-state index is 3.96. The third kappa shape index (κ3) is 0.556. The van der Waals surface area contributed by atoms with E-state index in [1.165, 1.54) is 0 Å². The smallest absolute Gasteiger partial charge is 0.177 e. The topological polar surface area (TPSA) is 46.0 Å². The van der Waals surface area contributed by atoms with E-state index in [0.717, 1.165) is 17.9 Å². The lowest BCUT2D eigenvalue weighted by molar-refractivity contribution is 0.835. The van der Waals surface area contributed by atoms with Gasteiger partial charge in [0.15, 0.2) is 11.5 Å². The number of nitrogens with zero attached hydrogens (tertiary/aromatic N) is 3. The molecule has 0 saturated heterocycles. The van der Waals surface area contributed by atoms with Gasteiger partial charge in [-0.2, -0.15) is 0 Å². The van der Waals surface area contributed by atoms with E-state index < -0.39 is 0 Å². The van der Waals surface area contributed by atoms with Gasteiger partial charge in [0, 0.05) is 18.7 Å². The van der Waals surface area contributed by atoms with E-state index in [1.807, 2.05) is 16.8 Å². The molecule has 0 aromatic carbocycles. The van der Waals surface area contributed by atoms with Gasteiger partial charge in [0.1, 0.15) is 0 Å². The van der Waals surface area contributed by atoms with Crippen molar-refractivity contribution in [2.75, 3.05) is 0 Å². The number of H-pyrrole nitrogens is 1. The molecule has 0 bridgehead atoms. The summed E-state index contributed by atoms with van der Waals surface area (Å²) in [6.07, 6.45) is 2.75. The summed E-state index contributed by atoms with van der Waals surface area (Å²) in [6.45, 7) is 2.05. The summed E-state index contributed by atoms with van der Waals surface area (Å²) in [5.74, 6) is 0.972. The molecule has 2 aromatic rings. The molecule has 4 heteroatoms. The first-order valence-electron chi connectivity index (χ1n) is 3.29. The molecule has 0 aliphatic rings. The van der Waals surface area contributed by atoms with Crippen molar-refractivity contribution in [3.05, 3.63) is 18.1 Å². The van der Waals surface area contributed by atoms with Gasteiger partial charge in [0.2, 0.25) is 0 Å². The lowest BCUT2D eigenvalue weighted by Crippen LogP contribution is -1.91. The van der Waals surface area contributed by atoms with Crippen molar-refractivity contribution in [2.45, 2.75) is 13.3 Å².